The van der Waals surface area contributed by atoms with Gasteiger partial charge in [-0.05, 0) is 0 Å². The van der Waals surface area contributed by atoms with Crippen LogP contribution in [0, 0.1) is 0 Å². The number of rotatable bonds is 4. The van der Waals surface area contributed by atoms with Crippen LogP contribution in [0.3, 0.4) is 0 Å². The number of carboxylic acids is 1. The first-order valence-electron chi connectivity index (χ1n) is 2.81. The van der Waals surface area contributed by atoms with Gasteiger partial charge in [0.05, 0.1) is 6.61 Å². The molecule has 0 aliphatic carbocycles. The molecule has 1 atom stereocenters. The maximum absolute atomic E-state index is 9.98. The van der Waals surface area contributed by atoms with E-state index in [1.165, 1.54) is 0 Å². The number of hydrogen-bond acceptors (Lipinski definition) is 5. The molecule has 0 saturated heterocycles. The molecular weight excluding hydrogens is 220 g/mol. The third-order valence-corrected chi connectivity index (χ3v) is 1.26. The van der Waals surface area contributed by atoms with Crippen LogP contribution in [-0.2, 0) is 17.7 Å². The molecule has 0 saturated carbocycles. The van der Waals surface area contributed by atoms with E-state index in [2.05, 4.69) is 0 Å². The Morgan fingerprint density at radius 2 is 1.92 bits per heavy atom. The van der Waals surface area contributed by atoms with Crippen LogP contribution in [0.4, 0.5) is 0 Å². The molecule has 8 nitrogen and oxygen atoms in total. The van der Waals surface area contributed by atoms with Crippen LogP contribution in [0.15, 0.2) is 0 Å². The summed E-state index contributed by atoms with van der Waals surface area (Å²) in [6.45, 7) is -0.751. The Kier molecular flexibility index (Phi) is 10.9. The standard InChI is InChI=1S/C3H6NO5P.Al.H2O.O/c5-1-2(3(6)7)4-10(8)9;;;/h2,5H,1H2,(H,6,7)(H,4,8,9);;1H2;/q;+1;;/p-1. The quantitative estimate of drug-likeness (QED) is 0.321. The fourth-order valence-corrected chi connectivity index (χ4v) is 0.748. The van der Waals surface area contributed by atoms with Crippen molar-refractivity contribution in [3.8, 4) is 0 Å². The van der Waals surface area contributed by atoms with Crippen molar-refractivity contribution in [1.29, 1.82) is 0 Å². The molecule has 0 aliphatic heterocycles. The van der Waals surface area contributed by atoms with Crippen LogP contribution in [0.5, 0.6) is 0 Å². The molecule has 0 aromatic heterocycles. The summed E-state index contributed by atoms with van der Waals surface area (Å²) in [7, 11) is -2.97. The minimum absolute atomic E-state index is 0.751. The van der Waals surface area contributed by atoms with Gasteiger partial charge >= 0.3 is 37.2 Å². The molecule has 4 N–H and O–H groups in total. The third-order valence-electron chi connectivity index (χ3n) is 0.742. The molecule has 0 aromatic carbocycles. The normalized spacial score (nSPS) is 10.2. The second-order valence-corrected chi connectivity index (χ2v) is 2.55. The summed E-state index contributed by atoms with van der Waals surface area (Å²) in [6, 6.07) is -1.43. The molecule has 0 radical (unpaired) electrons. The van der Waals surface area contributed by atoms with Crippen LogP contribution in [0.1, 0.15) is 0 Å². The van der Waals surface area contributed by atoms with Gasteiger partial charge in [0.25, 0.3) is 0 Å². The number of carboxylic acid groups (broad SMARTS) is 1. The van der Waals surface area contributed by atoms with E-state index in [1.54, 1.807) is 5.09 Å². The van der Waals surface area contributed by atoms with Crippen molar-refractivity contribution in [2.24, 2.45) is 0 Å². The molecule has 74 valence electrons. The van der Waals surface area contributed by atoms with Gasteiger partial charge in [0, 0.05) is 0 Å². The van der Waals surface area contributed by atoms with Crippen molar-refractivity contribution in [1.82, 2.24) is 5.09 Å². The average molecular weight is 227 g/mol. The van der Waals surface area contributed by atoms with E-state index in [1.807, 2.05) is 0 Å². The number of aliphatic hydroxyl groups excluding tert-OH is 1. The van der Waals surface area contributed by atoms with Crippen LogP contribution >= 0.6 is 7.83 Å². The first kappa shape index (κ1) is 14.9. The van der Waals surface area contributed by atoms with Crippen molar-refractivity contribution >= 4 is 29.3 Å². The van der Waals surface area contributed by atoms with E-state index in [-0.39, 0.29) is 0 Å². The molecule has 13 heavy (non-hydrogen) atoms. The summed E-state index contributed by atoms with van der Waals surface area (Å²) in [5.74, 6) is -1.40. The van der Waals surface area contributed by atoms with Gasteiger partial charge in [0.2, 0.25) is 0 Å². The second kappa shape index (κ2) is 9.51. The summed E-state index contributed by atoms with van der Waals surface area (Å²) in [4.78, 5) is 9.98. The molecule has 0 aliphatic rings. The fraction of sp³-hybridized carbons (Fsp3) is 0.667. The zero-order valence-electron chi connectivity index (χ0n) is 6.28. The van der Waals surface area contributed by atoms with Crippen molar-refractivity contribution in [2.45, 2.75) is 6.04 Å². The number of aliphatic hydroxyl groups is 1. The number of hydrogen-bond donors (Lipinski definition) is 4. The molecule has 0 aromatic rings. The maximum atomic E-state index is 9.98. The topological polar surface area (TPSA) is 141 Å². The predicted octanol–water partition coefficient (Wildman–Crippen LogP) is -1.95. The minimum atomic E-state index is -2.97. The van der Waals surface area contributed by atoms with Crippen LogP contribution in [0.2, 0.25) is 0 Å². The third kappa shape index (κ3) is 11.4. The summed E-state index contributed by atoms with van der Waals surface area (Å²) >= 11 is -1.50. The molecule has 0 bridgehead atoms. The summed E-state index contributed by atoms with van der Waals surface area (Å²) in [5.41, 5.74) is 0. The number of aliphatic carboxylic acids is 1. The van der Waals surface area contributed by atoms with E-state index in [0.717, 1.165) is 0 Å². The molecule has 1 unspecified atom stereocenters. The monoisotopic (exact) mass is 227 g/mol. The second-order valence-electron chi connectivity index (χ2n) is 1.57. The Morgan fingerprint density at radius 1 is 1.54 bits per heavy atom. The summed E-state index contributed by atoms with van der Waals surface area (Å²) in [6.07, 6.45) is 0. The Bertz CT molecular complexity index is 220. The van der Waals surface area contributed by atoms with E-state index in [0.29, 0.717) is 0 Å². The van der Waals surface area contributed by atoms with E-state index >= 15 is 0 Å². The predicted molar refractivity (Wildman–Crippen MR) is 38.6 cm³/mol. The summed E-state index contributed by atoms with van der Waals surface area (Å²) < 4.78 is 35.3. The van der Waals surface area contributed by atoms with E-state index < -0.39 is 41.9 Å². The molecule has 0 fully saturated rings. The summed E-state index contributed by atoms with van der Waals surface area (Å²) in [5, 5.41) is 18.0. The molecular formula is C3H7AlNO7P. The van der Waals surface area contributed by atoms with Crippen molar-refractivity contribution in [3.05, 3.63) is 0 Å². The Hall–Kier alpha value is -0.578. The van der Waals surface area contributed by atoms with Crippen molar-refractivity contribution < 1.29 is 32.1 Å². The first-order valence-corrected chi connectivity index (χ1v) is 4.98. The van der Waals surface area contributed by atoms with E-state index in [4.69, 9.17) is 18.2 Å². The Labute approximate surface area is 79.7 Å². The number of nitrogens with one attached hydrogen (secondary N) is 1. The average Bonchev–Trinajstić information content (AvgIpc) is 2.00. The van der Waals surface area contributed by atoms with Gasteiger partial charge in [0.15, 0.2) is 0 Å². The van der Waals surface area contributed by atoms with Gasteiger partial charge in [-0.25, -0.2) is 9.13 Å². The Morgan fingerprint density at radius 3 is 2.00 bits per heavy atom. The molecule has 0 amide bonds. The van der Waals surface area contributed by atoms with E-state index in [9.17, 15) is 13.9 Å². The SMILES string of the molecule is O=C(O)C(CO)NP(=O)=O.[O]=[Al][OH]. The van der Waals surface area contributed by atoms with Crippen LogP contribution in [0.25, 0.3) is 0 Å². The molecule has 10 heteroatoms. The van der Waals surface area contributed by atoms with Crippen LogP contribution < -0.4 is 5.09 Å². The van der Waals surface area contributed by atoms with Gasteiger partial charge in [0.1, 0.15) is 6.04 Å². The zero-order chi connectivity index (χ0) is 10.9. The van der Waals surface area contributed by atoms with Gasteiger partial charge in [-0.15, -0.1) is 0 Å². The molecule has 0 heterocycles. The molecule has 0 spiro atoms. The fourth-order valence-electron chi connectivity index (χ4n) is 0.301. The zero-order valence-corrected chi connectivity index (χ0v) is 8.33. The van der Waals surface area contributed by atoms with Gasteiger partial charge in [-0.3, -0.25) is 4.79 Å². The molecule has 0 rings (SSSR count). The number of carbonyl (C=O) groups is 1. The van der Waals surface area contributed by atoms with Crippen LogP contribution in [-0.4, -0.2) is 48.5 Å². The van der Waals surface area contributed by atoms with Crippen molar-refractivity contribution in [2.75, 3.05) is 6.61 Å². The Balaban J connectivity index is 0. The van der Waals surface area contributed by atoms with Gasteiger partial charge in [-0.1, -0.05) is 0 Å². The van der Waals surface area contributed by atoms with Crippen molar-refractivity contribution in [3.63, 3.8) is 0 Å². The van der Waals surface area contributed by atoms with Gasteiger partial charge in [-0.2, -0.15) is 5.09 Å². The van der Waals surface area contributed by atoms with Gasteiger partial charge < -0.3 is 10.2 Å². The first-order chi connectivity index (χ1) is 5.99.